The van der Waals surface area contributed by atoms with Gasteiger partial charge in [0.15, 0.2) is 5.78 Å². The Hall–Kier alpha value is -1.87. The van der Waals surface area contributed by atoms with Crippen molar-refractivity contribution in [3.8, 4) is 0 Å². The fourth-order valence-corrected chi connectivity index (χ4v) is 6.29. The van der Waals surface area contributed by atoms with E-state index in [9.17, 15) is 4.79 Å². The van der Waals surface area contributed by atoms with Crippen molar-refractivity contribution in [1.82, 2.24) is 4.90 Å². The highest BCUT2D eigenvalue weighted by molar-refractivity contribution is 5.94. The van der Waals surface area contributed by atoms with E-state index in [0.29, 0.717) is 11.5 Å². The highest BCUT2D eigenvalue weighted by Gasteiger charge is 2.53. The lowest BCUT2D eigenvalue weighted by Crippen LogP contribution is -2.61. The molecule has 3 aliphatic rings. The normalized spacial score (nSPS) is 29.8. The van der Waals surface area contributed by atoms with Crippen LogP contribution in [0.2, 0.25) is 0 Å². The molecule has 2 heterocycles. The first kappa shape index (κ1) is 17.2. The van der Waals surface area contributed by atoms with Gasteiger partial charge in [-0.3, -0.25) is 9.69 Å². The maximum absolute atomic E-state index is 12.0. The molecule has 0 radical (unpaired) electrons. The zero-order chi connectivity index (χ0) is 18.4. The van der Waals surface area contributed by atoms with Gasteiger partial charge in [-0.1, -0.05) is 25.0 Å². The van der Waals surface area contributed by atoms with Gasteiger partial charge >= 0.3 is 0 Å². The fraction of sp³-hybridized carbons (Fsp3) is 0.542. The van der Waals surface area contributed by atoms with Crippen LogP contribution in [0.5, 0.6) is 0 Å². The van der Waals surface area contributed by atoms with Gasteiger partial charge in [0.25, 0.3) is 0 Å². The molecule has 3 nitrogen and oxygen atoms in total. The lowest BCUT2D eigenvalue weighted by molar-refractivity contribution is -0.0111. The third-order valence-corrected chi connectivity index (χ3v) is 7.58. The Morgan fingerprint density at radius 3 is 3.00 bits per heavy atom. The molecule has 2 bridgehead atoms. The number of hydrogen-bond donors (Lipinski definition) is 0. The summed E-state index contributed by atoms with van der Waals surface area (Å²) < 4.78 is 5.57. The van der Waals surface area contributed by atoms with Crippen molar-refractivity contribution in [2.24, 2.45) is 5.92 Å². The van der Waals surface area contributed by atoms with Crippen molar-refractivity contribution < 1.29 is 9.21 Å². The van der Waals surface area contributed by atoms with E-state index in [2.05, 4.69) is 23.1 Å². The van der Waals surface area contributed by atoms with Crippen molar-refractivity contribution in [1.29, 1.82) is 0 Å². The van der Waals surface area contributed by atoms with Crippen molar-refractivity contribution in [2.45, 2.75) is 63.3 Å². The van der Waals surface area contributed by atoms with Crippen molar-refractivity contribution >= 4 is 5.78 Å². The minimum atomic E-state index is 0.194. The van der Waals surface area contributed by atoms with Gasteiger partial charge in [0.05, 0.1) is 6.26 Å². The second-order valence-electron chi connectivity index (χ2n) is 8.82. The van der Waals surface area contributed by atoms with Gasteiger partial charge in [-0.2, -0.15) is 0 Å². The van der Waals surface area contributed by atoms with E-state index in [4.69, 9.17) is 4.42 Å². The second kappa shape index (κ2) is 6.63. The van der Waals surface area contributed by atoms with Crippen molar-refractivity contribution in [3.63, 3.8) is 0 Å². The lowest BCUT2D eigenvalue weighted by atomic mass is 9.52. The van der Waals surface area contributed by atoms with Gasteiger partial charge in [-0.25, -0.2) is 0 Å². The molecule has 2 aromatic rings. The molecule has 0 spiro atoms. The maximum atomic E-state index is 12.0. The number of furan rings is 1. The predicted molar refractivity (Wildman–Crippen MR) is 106 cm³/mol. The standard InChI is InChI=1S/C24H29NO2/c1-17(26)18-7-8-19-16-23-21-6-2-3-10-24(21,22(19)15-18)11-13-25(23)12-9-20-5-4-14-27-20/h4-5,7-8,14-15,21,23H,2-3,6,9-13,16H2,1H3/t21-,23+,24+/m0/s1. The van der Waals surface area contributed by atoms with Crippen LogP contribution in [0.3, 0.4) is 0 Å². The van der Waals surface area contributed by atoms with Crippen LogP contribution in [0.25, 0.3) is 0 Å². The van der Waals surface area contributed by atoms with Crippen LogP contribution in [0.15, 0.2) is 41.0 Å². The predicted octanol–water partition coefficient (Wildman–Crippen LogP) is 4.78. The molecule has 3 atom stereocenters. The molecule has 5 rings (SSSR count). The van der Waals surface area contributed by atoms with E-state index in [1.807, 2.05) is 12.1 Å². The summed E-state index contributed by atoms with van der Waals surface area (Å²) in [4.78, 5) is 14.7. The third-order valence-electron chi connectivity index (χ3n) is 7.58. The summed E-state index contributed by atoms with van der Waals surface area (Å²) in [6.07, 6.45) is 10.5. The quantitative estimate of drug-likeness (QED) is 0.733. The maximum Gasteiger partial charge on any atom is 0.159 e. The van der Waals surface area contributed by atoms with E-state index in [-0.39, 0.29) is 5.78 Å². The van der Waals surface area contributed by atoms with Crippen LogP contribution in [-0.4, -0.2) is 29.8 Å². The summed E-state index contributed by atoms with van der Waals surface area (Å²) in [5, 5.41) is 0. The highest BCUT2D eigenvalue weighted by atomic mass is 16.3. The van der Waals surface area contributed by atoms with Gasteiger partial charge < -0.3 is 4.42 Å². The molecular formula is C24H29NO2. The van der Waals surface area contributed by atoms with E-state index < -0.39 is 0 Å². The third kappa shape index (κ3) is 2.79. The number of ketones is 1. The van der Waals surface area contributed by atoms with Gasteiger partial charge in [-0.05, 0) is 74.4 Å². The number of rotatable bonds is 4. The van der Waals surface area contributed by atoms with Crippen LogP contribution in [0, 0.1) is 5.92 Å². The highest BCUT2D eigenvalue weighted by Crippen LogP contribution is 2.55. The zero-order valence-electron chi connectivity index (χ0n) is 16.2. The Labute approximate surface area is 161 Å². The Morgan fingerprint density at radius 1 is 1.26 bits per heavy atom. The molecule has 2 fully saturated rings. The average Bonchev–Trinajstić information content (AvgIpc) is 3.20. The first-order chi connectivity index (χ1) is 13.2. The smallest absolute Gasteiger partial charge is 0.159 e. The number of nitrogens with zero attached hydrogens (tertiary/aromatic N) is 1. The Morgan fingerprint density at radius 2 is 2.19 bits per heavy atom. The van der Waals surface area contributed by atoms with E-state index in [1.54, 1.807) is 13.2 Å². The summed E-state index contributed by atoms with van der Waals surface area (Å²) in [5.41, 5.74) is 4.21. The van der Waals surface area contributed by atoms with Crippen LogP contribution >= 0.6 is 0 Å². The molecule has 142 valence electrons. The first-order valence-electron chi connectivity index (χ1n) is 10.6. The molecule has 27 heavy (non-hydrogen) atoms. The Bertz CT molecular complexity index is 840. The summed E-state index contributed by atoms with van der Waals surface area (Å²) in [6.45, 7) is 3.96. The number of piperidine rings is 1. The van der Waals surface area contributed by atoms with Crippen LogP contribution < -0.4 is 0 Å². The van der Waals surface area contributed by atoms with Gasteiger partial charge in [-0.15, -0.1) is 0 Å². The molecule has 0 unspecified atom stereocenters. The number of hydrogen-bond acceptors (Lipinski definition) is 3. The number of likely N-dealkylation sites (tertiary alicyclic amines) is 1. The topological polar surface area (TPSA) is 33.5 Å². The lowest BCUT2D eigenvalue weighted by Gasteiger charge is -2.59. The molecule has 3 heteroatoms. The van der Waals surface area contributed by atoms with E-state index >= 15 is 0 Å². The van der Waals surface area contributed by atoms with Gasteiger partial charge in [0.1, 0.15) is 5.76 Å². The minimum absolute atomic E-state index is 0.194. The minimum Gasteiger partial charge on any atom is -0.469 e. The molecule has 1 saturated carbocycles. The Kier molecular flexibility index (Phi) is 4.23. The van der Waals surface area contributed by atoms with Gasteiger partial charge in [0.2, 0.25) is 0 Å². The molecule has 1 saturated heterocycles. The molecule has 0 N–H and O–H groups in total. The summed E-state index contributed by atoms with van der Waals surface area (Å²) in [5.74, 6) is 2.03. The van der Waals surface area contributed by atoms with Crippen LogP contribution in [-0.2, 0) is 18.3 Å². The number of carbonyl (C=O) groups is 1. The number of benzene rings is 1. The largest absolute Gasteiger partial charge is 0.469 e. The van der Waals surface area contributed by atoms with Crippen LogP contribution in [0.1, 0.15) is 66.3 Å². The molecule has 0 amide bonds. The van der Waals surface area contributed by atoms with Crippen molar-refractivity contribution in [2.75, 3.05) is 13.1 Å². The number of Topliss-reactive ketones (excluding diaryl/α,β-unsaturated/α-hetero) is 1. The molecule has 1 aliphatic heterocycles. The number of carbonyl (C=O) groups excluding carboxylic acids is 1. The van der Waals surface area contributed by atoms with Crippen LogP contribution in [0.4, 0.5) is 0 Å². The molecular weight excluding hydrogens is 334 g/mol. The molecule has 1 aromatic heterocycles. The second-order valence-corrected chi connectivity index (χ2v) is 8.82. The van der Waals surface area contributed by atoms with E-state index in [1.165, 1.54) is 49.8 Å². The summed E-state index contributed by atoms with van der Waals surface area (Å²) in [7, 11) is 0. The first-order valence-corrected chi connectivity index (χ1v) is 10.6. The Balaban J connectivity index is 1.48. The zero-order valence-corrected chi connectivity index (χ0v) is 16.2. The molecule has 1 aromatic carbocycles. The monoisotopic (exact) mass is 363 g/mol. The molecule has 2 aliphatic carbocycles. The average molecular weight is 364 g/mol. The SMILES string of the molecule is CC(=O)c1ccc2c(c1)[C@@]13CCCC[C@H]1[C@@H](C2)N(CCc1ccco1)CC3. The van der Waals surface area contributed by atoms with Gasteiger partial charge in [0, 0.05) is 30.0 Å². The number of fused-ring (bicyclic) bond motifs is 1. The summed E-state index contributed by atoms with van der Waals surface area (Å²) >= 11 is 0. The van der Waals surface area contributed by atoms with E-state index in [0.717, 1.165) is 36.6 Å². The fourth-order valence-electron chi connectivity index (χ4n) is 6.29. The summed E-state index contributed by atoms with van der Waals surface area (Å²) in [6, 6.07) is 11.3. The van der Waals surface area contributed by atoms with Crippen molar-refractivity contribution in [3.05, 3.63) is 59.0 Å².